The van der Waals surface area contributed by atoms with Crippen LogP contribution < -0.4 is 5.73 Å². The lowest BCUT2D eigenvalue weighted by Gasteiger charge is -2.22. The van der Waals surface area contributed by atoms with Gasteiger partial charge in [0.2, 0.25) is 11.8 Å². The Morgan fingerprint density at radius 3 is 2.56 bits per heavy atom. The van der Waals surface area contributed by atoms with Crippen LogP contribution in [0.1, 0.15) is 29.1 Å². The average molecular weight is 383 g/mol. The maximum Gasteiger partial charge on any atom is 0.233 e. The van der Waals surface area contributed by atoms with Crippen molar-refractivity contribution in [1.29, 1.82) is 5.26 Å². The number of rotatable bonds is 8. The third kappa shape index (κ3) is 6.08. The zero-order valence-corrected chi connectivity index (χ0v) is 16.1. The van der Waals surface area contributed by atoms with Crippen LogP contribution in [0, 0.1) is 25.2 Å². The summed E-state index contributed by atoms with van der Waals surface area (Å²) in [7, 11) is 0. The number of nitrogens with two attached hydrogens (primary N) is 1. The summed E-state index contributed by atoms with van der Waals surface area (Å²) in [5, 5.41) is 9.81. The van der Waals surface area contributed by atoms with Crippen molar-refractivity contribution in [2.24, 2.45) is 5.73 Å². The van der Waals surface area contributed by atoms with Crippen molar-refractivity contribution < 1.29 is 9.59 Å². The highest BCUT2D eigenvalue weighted by atomic mass is 32.2. The van der Waals surface area contributed by atoms with Gasteiger partial charge < -0.3 is 10.6 Å². The maximum atomic E-state index is 12.7. The maximum absolute atomic E-state index is 12.7. The molecule has 0 radical (unpaired) electrons. The zero-order chi connectivity index (χ0) is 19.8. The third-order valence-electron chi connectivity index (χ3n) is 3.81. The number of primary amides is 1. The molecule has 0 atom stereocenters. The Bertz CT molecular complexity index is 864. The van der Waals surface area contributed by atoms with Crippen molar-refractivity contribution in [2.45, 2.75) is 31.8 Å². The van der Waals surface area contributed by atoms with Crippen LogP contribution >= 0.6 is 11.8 Å². The second-order valence-electron chi connectivity index (χ2n) is 5.95. The number of amides is 2. The fourth-order valence-electron chi connectivity index (χ4n) is 2.48. The minimum Gasteiger partial charge on any atom is -0.370 e. The molecule has 0 unspecified atom stereocenters. The standard InChI is InChI=1S/C19H21N5O2S/c1-13-16(10-20)19(23-14(2)22-13)27-12-18(26)24(9-8-17(21)25)11-15-6-4-3-5-7-15/h3-7H,8-9,11-12H2,1-2H3,(H2,21,25). The van der Waals surface area contributed by atoms with Gasteiger partial charge in [0.25, 0.3) is 0 Å². The fraction of sp³-hybridized carbons (Fsp3) is 0.316. The van der Waals surface area contributed by atoms with Crippen molar-refractivity contribution in [3.05, 3.63) is 53.0 Å². The van der Waals surface area contributed by atoms with Crippen LogP contribution in [0.25, 0.3) is 0 Å². The molecule has 8 heteroatoms. The first-order chi connectivity index (χ1) is 12.9. The Balaban J connectivity index is 2.11. The zero-order valence-electron chi connectivity index (χ0n) is 15.3. The highest BCUT2D eigenvalue weighted by Gasteiger charge is 2.18. The van der Waals surface area contributed by atoms with Crippen molar-refractivity contribution in [1.82, 2.24) is 14.9 Å². The number of hydrogen-bond donors (Lipinski definition) is 1. The summed E-state index contributed by atoms with van der Waals surface area (Å²) >= 11 is 1.20. The Labute approximate surface area is 162 Å². The number of hydrogen-bond acceptors (Lipinski definition) is 6. The molecule has 2 N–H and O–H groups in total. The van der Waals surface area contributed by atoms with Gasteiger partial charge in [0, 0.05) is 19.5 Å². The van der Waals surface area contributed by atoms with Crippen molar-refractivity contribution in [3.8, 4) is 6.07 Å². The molecule has 2 aromatic rings. The van der Waals surface area contributed by atoms with Gasteiger partial charge in [-0.25, -0.2) is 9.97 Å². The average Bonchev–Trinajstić information content (AvgIpc) is 2.63. The summed E-state index contributed by atoms with van der Waals surface area (Å²) in [6.45, 7) is 4.12. The van der Waals surface area contributed by atoms with Gasteiger partial charge in [-0.2, -0.15) is 5.26 Å². The molecule has 27 heavy (non-hydrogen) atoms. The van der Waals surface area contributed by atoms with Crippen LogP contribution in [0.2, 0.25) is 0 Å². The van der Waals surface area contributed by atoms with Gasteiger partial charge in [0.15, 0.2) is 0 Å². The smallest absolute Gasteiger partial charge is 0.233 e. The first-order valence-electron chi connectivity index (χ1n) is 8.39. The molecule has 1 aromatic carbocycles. The lowest BCUT2D eigenvalue weighted by Crippen LogP contribution is -2.34. The van der Waals surface area contributed by atoms with Gasteiger partial charge in [-0.3, -0.25) is 9.59 Å². The number of carbonyl (C=O) groups excluding carboxylic acids is 2. The van der Waals surface area contributed by atoms with Crippen LogP contribution in [0.15, 0.2) is 35.4 Å². The van der Waals surface area contributed by atoms with Gasteiger partial charge in [-0.15, -0.1) is 0 Å². The van der Waals surface area contributed by atoms with Crippen LogP contribution in [-0.4, -0.2) is 39.0 Å². The van der Waals surface area contributed by atoms with E-state index >= 15 is 0 Å². The van der Waals surface area contributed by atoms with Gasteiger partial charge in [0.1, 0.15) is 22.5 Å². The molecule has 0 fully saturated rings. The summed E-state index contributed by atoms with van der Waals surface area (Å²) in [5.41, 5.74) is 7.17. The molecule has 0 spiro atoms. The highest BCUT2D eigenvalue weighted by molar-refractivity contribution is 8.00. The van der Waals surface area contributed by atoms with Crippen molar-refractivity contribution in [3.63, 3.8) is 0 Å². The predicted molar refractivity (Wildman–Crippen MR) is 103 cm³/mol. The lowest BCUT2D eigenvalue weighted by atomic mass is 10.2. The Hall–Kier alpha value is -2.92. The largest absolute Gasteiger partial charge is 0.370 e. The van der Waals surface area contributed by atoms with Gasteiger partial charge >= 0.3 is 0 Å². The van der Waals surface area contributed by atoms with E-state index in [0.717, 1.165) is 5.56 Å². The second kappa shape index (κ2) is 9.69. The summed E-state index contributed by atoms with van der Waals surface area (Å²) in [5.74, 6) is 0.0532. The van der Waals surface area contributed by atoms with Crippen LogP contribution in [0.3, 0.4) is 0 Å². The van der Waals surface area contributed by atoms with Gasteiger partial charge in [-0.05, 0) is 19.4 Å². The van der Waals surface area contributed by atoms with E-state index in [4.69, 9.17) is 5.73 Å². The molecule has 0 aliphatic heterocycles. The monoisotopic (exact) mass is 383 g/mol. The van der Waals surface area contributed by atoms with E-state index in [1.54, 1.807) is 18.7 Å². The molecule has 0 saturated heterocycles. The molecule has 0 bridgehead atoms. The van der Waals surface area contributed by atoms with E-state index in [1.807, 2.05) is 30.3 Å². The quantitative estimate of drug-likeness (QED) is 0.551. The van der Waals surface area contributed by atoms with Crippen LogP contribution in [0.5, 0.6) is 0 Å². The highest BCUT2D eigenvalue weighted by Crippen LogP contribution is 2.22. The lowest BCUT2D eigenvalue weighted by molar-refractivity contribution is -0.129. The minimum atomic E-state index is -0.456. The molecule has 2 rings (SSSR count). The molecule has 0 saturated carbocycles. The second-order valence-corrected chi connectivity index (χ2v) is 6.92. The predicted octanol–water partition coefficient (Wildman–Crippen LogP) is 1.96. The summed E-state index contributed by atoms with van der Waals surface area (Å²) in [4.78, 5) is 33.9. The molecular weight excluding hydrogens is 362 g/mol. The molecule has 0 aliphatic carbocycles. The summed E-state index contributed by atoms with van der Waals surface area (Å²) < 4.78 is 0. The normalized spacial score (nSPS) is 10.3. The van der Waals surface area contributed by atoms with Gasteiger partial charge in [0.05, 0.1) is 11.4 Å². The van der Waals surface area contributed by atoms with Crippen molar-refractivity contribution >= 4 is 23.6 Å². The molecule has 1 heterocycles. The third-order valence-corrected chi connectivity index (χ3v) is 4.77. The number of benzene rings is 1. The van der Waals surface area contributed by atoms with E-state index in [0.29, 0.717) is 28.7 Å². The molecule has 2 amide bonds. The molecule has 140 valence electrons. The number of thioether (sulfide) groups is 1. The topological polar surface area (TPSA) is 113 Å². The van der Waals surface area contributed by atoms with E-state index in [1.165, 1.54) is 11.8 Å². The molecular formula is C19H21N5O2S. The Morgan fingerprint density at radius 1 is 1.22 bits per heavy atom. The summed E-state index contributed by atoms with van der Waals surface area (Å²) in [6.07, 6.45) is 0.0956. The van der Waals surface area contributed by atoms with Crippen LogP contribution in [-0.2, 0) is 16.1 Å². The number of aromatic nitrogens is 2. The SMILES string of the molecule is Cc1nc(C)c(C#N)c(SCC(=O)N(CCC(N)=O)Cc2ccccc2)n1. The fourth-order valence-corrected chi connectivity index (χ4v) is 3.45. The van der Waals surface area contributed by atoms with E-state index < -0.39 is 5.91 Å². The minimum absolute atomic E-state index is 0.0956. The van der Waals surface area contributed by atoms with E-state index in [2.05, 4.69) is 16.0 Å². The number of nitriles is 1. The molecule has 7 nitrogen and oxygen atoms in total. The van der Waals surface area contributed by atoms with E-state index in [9.17, 15) is 14.9 Å². The van der Waals surface area contributed by atoms with E-state index in [-0.39, 0.29) is 24.6 Å². The summed E-state index contributed by atoms with van der Waals surface area (Å²) in [6, 6.07) is 11.6. The first-order valence-corrected chi connectivity index (χ1v) is 9.37. The van der Waals surface area contributed by atoms with Crippen molar-refractivity contribution in [2.75, 3.05) is 12.3 Å². The number of carbonyl (C=O) groups is 2. The molecule has 1 aromatic heterocycles. The Kier molecular flexibility index (Phi) is 7.32. The Morgan fingerprint density at radius 2 is 1.93 bits per heavy atom. The van der Waals surface area contributed by atoms with Gasteiger partial charge in [-0.1, -0.05) is 42.1 Å². The van der Waals surface area contributed by atoms with Crippen LogP contribution in [0.4, 0.5) is 0 Å². The number of nitrogens with zero attached hydrogens (tertiary/aromatic N) is 4. The first kappa shape index (κ1) is 20.4. The molecule has 0 aliphatic rings. The number of aryl methyl sites for hydroxylation is 2.